The predicted octanol–water partition coefficient (Wildman–Crippen LogP) is 2.25. The summed E-state index contributed by atoms with van der Waals surface area (Å²) in [5.74, 6) is -1.37. The summed E-state index contributed by atoms with van der Waals surface area (Å²) in [5, 5.41) is 21.0. The Morgan fingerprint density at radius 2 is 1.46 bits per heavy atom. The highest BCUT2D eigenvalue weighted by molar-refractivity contribution is 7.98. The standard InChI is InChI=1S/C26H48N4O6S/c1-17(2)23(30-24(33)20(14-16-37-6)28-18(3)4)25(34)29-21(26(35)36)12-9-10-15-27-22(32)13-8-7-11-19(5)31/h17-18,20-21,23,28H,7-16H2,1-6H3,(H,27,32)(H,29,34)(H,30,33)(H,35,36)/t20-,21-,23-/m0/s1. The molecule has 5 N–H and O–H groups in total. The molecule has 3 atom stereocenters. The lowest BCUT2D eigenvalue weighted by molar-refractivity contribution is -0.142. The van der Waals surface area contributed by atoms with Gasteiger partial charge in [-0.25, -0.2) is 4.79 Å². The first-order valence-corrected chi connectivity index (χ1v) is 14.6. The summed E-state index contributed by atoms with van der Waals surface area (Å²) < 4.78 is 0. The van der Waals surface area contributed by atoms with E-state index in [1.165, 1.54) is 6.92 Å². The Kier molecular flexibility index (Phi) is 18.8. The minimum atomic E-state index is -1.14. The number of rotatable bonds is 21. The summed E-state index contributed by atoms with van der Waals surface area (Å²) in [6.07, 6.45) is 6.03. The number of Topliss-reactive ketones (excluding diaryl/α,β-unsaturated/α-hetero) is 1. The Morgan fingerprint density at radius 1 is 0.811 bits per heavy atom. The van der Waals surface area contributed by atoms with Crippen LogP contribution in [0.3, 0.4) is 0 Å². The van der Waals surface area contributed by atoms with Gasteiger partial charge in [0.05, 0.1) is 6.04 Å². The normalized spacial score (nSPS) is 13.6. The van der Waals surface area contributed by atoms with Gasteiger partial charge in [-0.15, -0.1) is 0 Å². The number of aliphatic carboxylic acids is 1. The van der Waals surface area contributed by atoms with E-state index in [0.29, 0.717) is 51.5 Å². The first-order valence-electron chi connectivity index (χ1n) is 13.2. The van der Waals surface area contributed by atoms with Crippen LogP contribution in [0.5, 0.6) is 0 Å². The van der Waals surface area contributed by atoms with Crippen molar-refractivity contribution in [2.75, 3.05) is 18.6 Å². The van der Waals surface area contributed by atoms with Crippen LogP contribution in [-0.2, 0) is 24.0 Å². The quantitative estimate of drug-likeness (QED) is 0.138. The summed E-state index contributed by atoms with van der Waals surface area (Å²) in [4.78, 5) is 60.4. The topological polar surface area (TPSA) is 154 Å². The monoisotopic (exact) mass is 544 g/mol. The maximum atomic E-state index is 12.9. The second kappa shape index (κ2) is 19.9. The van der Waals surface area contributed by atoms with Crippen molar-refractivity contribution >= 4 is 41.2 Å². The van der Waals surface area contributed by atoms with Gasteiger partial charge in [0.2, 0.25) is 17.7 Å². The Bertz CT molecular complexity index is 732. The van der Waals surface area contributed by atoms with E-state index in [2.05, 4.69) is 21.3 Å². The third-order valence-electron chi connectivity index (χ3n) is 5.75. The second-order valence-electron chi connectivity index (χ2n) is 10.0. The number of unbranched alkanes of at least 4 members (excludes halogenated alkanes) is 2. The number of carbonyl (C=O) groups is 5. The number of ketones is 1. The maximum Gasteiger partial charge on any atom is 0.326 e. The van der Waals surface area contributed by atoms with Crippen molar-refractivity contribution in [2.24, 2.45) is 5.92 Å². The van der Waals surface area contributed by atoms with Crippen LogP contribution in [0.2, 0.25) is 0 Å². The van der Waals surface area contributed by atoms with Gasteiger partial charge in [0.25, 0.3) is 0 Å². The van der Waals surface area contributed by atoms with E-state index in [0.717, 1.165) is 5.75 Å². The van der Waals surface area contributed by atoms with Crippen molar-refractivity contribution in [1.29, 1.82) is 0 Å². The van der Waals surface area contributed by atoms with Crippen LogP contribution < -0.4 is 21.3 Å². The minimum absolute atomic E-state index is 0.0926. The number of hydrogen-bond donors (Lipinski definition) is 5. The molecule has 0 bridgehead atoms. The molecule has 0 aliphatic rings. The van der Waals surface area contributed by atoms with E-state index in [4.69, 9.17) is 0 Å². The van der Waals surface area contributed by atoms with E-state index in [1.54, 1.807) is 25.6 Å². The first kappa shape index (κ1) is 34.9. The van der Waals surface area contributed by atoms with Gasteiger partial charge in [-0.2, -0.15) is 11.8 Å². The summed E-state index contributed by atoms with van der Waals surface area (Å²) in [5.41, 5.74) is 0. The average molecular weight is 545 g/mol. The number of carboxylic acids is 1. The molecule has 0 aliphatic heterocycles. The minimum Gasteiger partial charge on any atom is -0.480 e. The van der Waals surface area contributed by atoms with Gasteiger partial charge < -0.3 is 31.2 Å². The van der Waals surface area contributed by atoms with E-state index in [-0.39, 0.29) is 36.0 Å². The molecule has 3 amide bonds. The molecule has 0 aromatic heterocycles. The summed E-state index contributed by atoms with van der Waals surface area (Å²) >= 11 is 1.64. The van der Waals surface area contributed by atoms with Crippen molar-refractivity contribution in [1.82, 2.24) is 21.3 Å². The fourth-order valence-corrected chi connectivity index (χ4v) is 4.16. The molecule has 0 saturated heterocycles. The third kappa shape index (κ3) is 17.1. The molecule has 214 valence electrons. The number of carboxylic acid groups (broad SMARTS) is 1. The summed E-state index contributed by atoms with van der Waals surface area (Å²) in [6, 6.07) is -2.30. The lowest BCUT2D eigenvalue weighted by Gasteiger charge is -2.27. The number of carbonyl (C=O) groups excluding carboxylic acids is 4. The molecule has 37 heavy (non-hydrogen) atoms. The Hall–Kier alpha value is -2.14. The van der Waals surface area contributed by atoms with Crippen LogP contribution in [0, 0.1) is 5.92 Å². The van der Waals surface area contributed by atoms with Crippen LogP contribution in [-0.4, -0.2) is 77.3 Å². The van der Waals surface area contributed by atoms with Crippen molar-refractivity contribution in [3.63, 3.8) is 0 Å². The van der Waals surface area contributed by atoms with Crippen molar-refractivity contribution in [2.45, 2.75) is 110 Å². The molecule has 0 aromatic carbocycles. The molecule has 0 unspecified atom stereocenters. The molecule has 0 radical (unpaired) electrons. The average Bonchev–Trinajstić information content (AvgIpc) is 2.80. The predicted molar refractivity (Wildman–Crippen MR) is 147 cm³/mol. The van der Waals surface area contributed by atoms with Crippen LogP contribution in [0.1, 0.15) is 86.0 Å². The van der Waals surface area contributed by atoms with Gasteiger partial charge in [0.15, 0.2) is 0 Å². The Morgan fingerprint density at radius 3 is 2.00 bits per heavy atom. The fourth-order valence-electron chi connectivity index (χ4n) is 3.69. The lowest BCUT2D eigenvalue weighted by Crippen LogP contribution is -2.57. The van der Waals surface area contributed by atoms with Crippen LogP contribution in [0.4, 0.5) is 0 Å². The SMILES string of the molecule is CSCC[C@H](NC(C)C)C(=O)N[C@H](C(=O)N[C@@H](CCCCNC(=O)CCCCC(C)=O)C(=O)O)C(C)C. The smallest absolute Gasteiger partial charge is 0.326 e. The van der Waals surface area contributed by atoms with Gasteiger partial charge in [-0.3, -0.25) is 14.4 Å². The molecule has 0 fully saturated rings. The highest BCUT2D eigenvalue weighted by Crippen LogP contribution is 2.09. The van der Waals surface area contributed by atoms with E-state index < -0.39 is 30.0 Å². The lowest BCUT2D eigenvalue weighted by atomic mass is 10.0. The van der Waals surface area contributed by atoms with E-state index in [1.807, 2.05) is 20.1 Å². The Labute approximate surface area is 226 Å². The molecule has 0 saturated carbocycles. The van der Waals surface area contributed by atoms with Crippen LogP contribution in [0.15, 0.2) is 0 Å². The zero-order valence-electron chi connectivity index (χ0n) is 23.4. The van der Waals surface area contributed by atoms with Gasteiger partial charge in [0, 0.05) is 25.4 Å². The highest BCUT2D eigenvalue weighted by Gasteiger charge is 2.30. The maximum absolute atomic E-state index is 12.9. The van der Waals surface area contributed by atoms with Gasteiger partial charge >= 0.3 is 5.97 Å². The van der Waals surface area contributed by atoms with E-state index in [9.17, 15) is 29.1 Å². The van der Waals surface area contributed by atoms with Gasteiger partial charge in [0.1, 0.15) is 17.9 Å². The van der Waals surface area contributed by atoms with Crippen molar-refractivity contribution in [3.05, 3.63) is 0 Å². The van der Waals surface area contributed by atoms with Gasteiger partial charge in [-0.1, -0.05) is 27.7 Å². The molecule has 0 spiro atoms. The molecule has 10 nitrogen and oxygen atoms in total. The summed E-state index contributed by atoms with van der Waals surface area (Å²) in [6.45, 7) is 9.44. The largest absolute Gasteiger partial charge is 0.480 e. The molecule has 0 aliphatic carbocycles. The second-order valence-corrected chi connectivity index (χ2v) is 11.0. The molecule has 0 rings (SSSR count). The van der Waals surface area contributed by atoms with Crippen molar-refractivity contribution in [3.8, 4) is 0 Å². The zero-order valence-corrected chi connectivity index (χ0v) is 24.2. The number of thioether (sulfide) groups is 1. The highest BCUT2D eigenvalue weighted by atomic mass is 32.2. The van der Waals surface area contributed by atoms with Gasteiger partial charge in [-0.05, 0) is 63.4 Å². The molecule has 11 heteroatoms. The van der Waals surface area contributed by atoms with Crippen LogP contribution in [0.25, 0.3) is 0 Å². The molecular weight excluding hydrogens is 496 g/mol. The first-order chi connectivity index (χ1) is 17.4. The zero-order chi connectivity index (χ0) is 28.4. The fraction of sp³-hybridized carbons (Fsp3) is 0.808. The summed E-state index contributed by atoms with van der Waals surface area (Å²) in [7, 11) is 0. The molecule has 0 aromatic rings. The molecular formula is C26H48N4O6S. The van der Waals surface area contributed by atoms with Crippen LogP contribution >= 0.6 is 11.8 Å². The number of amides is 3. The molecule has 0 heterocycles. The third-order valence-corrected chi connectivity index (χ3v) is 6.39. The number of hydrogen-bond acceptors (Lipinski definition) is 7. The van der Waals surface area contributed by atoms with E-state index >= 15 is 0 Å². The number of nitrogens with one attached hydrogen (secondary N) is 4. The van der Waals surface area contributed by atoms with Crippen molar-refractivity contribution < 1.29 is 29.1 Å². The Balaban J connectivity index is 4.73.